The molecule has 4 nitrogen and oxygen atoms in total. The molecule has 1 aliphatic rings. The van der Waals surface area contributed by atoms with Gasteiger partial charge in [-0.25, -0.2) is 9.97 Å². The van der Waals surface area contributed by atoms with Gasteiger partial charge in [0.2, 0.25) is 0 Å². The van der Waals surface area contributed by atoms with E-state index in [4.69, 9.17) is 0 Å². The van der Waals surface area contributed by atoms with Gasteiger partial charge in [-0.1, -0.05) is 24.6 Å². The van der Waals surface area contributed by atoms with Crippen LogP contribution in [0.15, 0.2) is 11.2 Å². The normalized spacial score (nSPS) is 16.1. The third-order valence-electron chi connectivity index (χ3n) is 3.19. The maximum atomic E-state index is 4.46. The van der Waals surface area contributed by atoms with Crippen LogP contribution in [0.25, 0.3) is 0 Å². The van der Waals surface area contributed by atoms with Gasteiger partial charge in [-0.15, -0.1) is 0 Å². The van der Waals surface area contributed by atoms with Gasteiger partial charge in [0.1, 0.15) is 11.6 Å². The zero-order chi connectivity index (χ0) is 12.1. The van der Waals surface area contributed by atoms with E-state index in [-0.39, 0.29) is 0 Å². The maximum Gasteiger partial charge on any atom is 0.191 e. The Balaban J connectivity index is 1.98. The SMILES string of the molecule is CNc1cc(NCC2CCCC2)nc(SC)n1. The summed E-state index contributed by atoms with van der Waals surface area (Å²) in [6, 6.07) is 1.97. The van der Waals surface area contributed by atoms with Crippen molar-refractivity contribution < 1.29 is 0 Å². The first-order chi connectivity index (χ1) is 8.31. The Hall–Kier alpha value is -0.970. The number of rotatable bonds is 5. The van der Waals surface area contributed by atoms with E-state index in [2.05, 4.69) is 20.6 Å². The first kappa shape index (κ1) is 12.5. The van der Waals surface area contributed by atoms with Crippen molar-refractivity contribution in [1.29, 1.82) is 0 Å². The average molecular weight is 252 g/mol. The van der Waals surface area contributed by atoms with E-state index in [0.717, 1.165) is 29.3 Å². The van der Waals surface area contributed by atoms with Crippen molar-refractivity contribution in [2.45, 2.75) is 30.8 Å². The Morgan fingerprint density at radius 1 is 1.29 bits per heavy atom. The molecule has 5 heteroatoms. The molecule has 1 heterocycles. The van der Waals surface area contributed by atoms with Crippen LogP contribution in [0.4, 0.5) is 11.6 Å². The minimum absolute atomic E-state index is 0.811. The summed E-state index contributed by atoms with van der Waals surface area (Å²) in [6.07, 6.45) is 7.47. The molecule has 1 aromatic heterocycles. The number of nitrogens with one attached hydrogen (secondary N) is 2. The molecule has 1 aliphatic carbocycles. The number of nitrogens with zero attached hydrogens (tertiary/aromatic N) is 2. The summed E-state index contributed by atoms with van der Waals surface area (Å²) >= 11 is 1.57. The van der Waals surface area contributed by atoms with Crippen molar-refractivity contribution in [1.82, 2.24) is 9.97 Å². The monoisotopic (exact) mass is 252 g/mol. The van der Waals surface area contributed by atoms with E-state index < -0.39 is 0 Å². The van der Waals surface area contributed by atoms with Crippen LogP contribution in [0.5, 0.6) is 0 Å². The van der Waals surface area contributed by atoms with E-state index in [9.17, 15) is 0 Å². The summed E-state index contributed by atoms with van der Waals surface area (Å²) in [4.78, 5) is 8.81. The fourth-order valence-corrected chi connectivity index (χ4v) is 2.58. The van der Waals surface area contributed by atoms with Crippen LogP contribution < -0.4 is 10.6 Å². The molecule has 0 amide bonds. The quantitative estimate of drug-likeness (QED) is 0.623. The lowest BCUT2D eigenvalue weighted by Crippen LogP contribution is -2.12. The Kier molecular flexibility index (Phi) is 4.48. The lowest BCUT2D eigenvalue weighted by atomic mass is 10.1. The Labute approximate surface area is 107 Å². The van der Waals surface area contributed by atoms with E-state index >= 15 is 0 Å². The molecule has 2 rings (SSSR count). The van der Waals surface area contributed by atoms with E-state index in [1.165, 1.54) is 25.7 Å². The van der Waals surface area contributed by atoms with Crippen molar-refractivity contribution in [2.24, 2.45) is 5.92 Å². The Morgan fingerprint density at radius 2 is 2.00 bits per heavy atom. The second kappa shape index (κ2) is 6.10. The highest BCUT2D eigenvalue weighted by molar-refractivity contribution is 7.98. The highest BCUT2D eigenvalue weighted by atomic mass is 32.2. The minimum atomic E-state index is 0.811. The van der Waals surface area contributed by atoms with Crippen LogP contribution in [-0.2, 0) is 0 Å². The first-order valence-corrected chi connectivity index (χ1v) is 7.39. The van der Waals surface area contributed by atoms with Crippen LogP contribution in [0.3, 0.4) is 0 Å². The fraction of sp³-hybridized carbons (Fsp3) is 0.667. The van der Waals surface area contributed by atoms with E-state index in [1.807, 2.05) is 19.4 Å². The molecule has 17 heavy (non-hydrogen) atoms. The predicted molar refractivity (Wildman–Crippen MR) is 73.8 cm³/mol. The smallest absolute Gasteiger partial charge is 0.191 e. The number of hydrogen-bond acceptors (Lipinski definition) is 5. The maximum absolute atomic E-state index is 4.46. The van der Waals surface area contributed by atoms with Gasteiger partial charge in [-0.2, -0.15) is 0 Å². The van der Waals surface area contributed by atoms with Crippen LogP contribution in [-0.4, -0.2) is 29.8 Å². The molecule has 0 atom stereocenters. The topological polar surface area (TPSA) is 49.8 Å². The van der Waals surface area contributed by atoms with Gasteiger partial charge < -0.3 is 10.6 Å². The van der Waals surface area contributed by atoms with Crippen molar-refractivity contribution >= 4 is 23.4 Å². The summed E-state index contributed by atoms with van der Waals surface area (Å²) in [6.45, 7) is 1.04. The largest absolute Gasteiger partial charge is 0.373 e. The number of anilines is 2. The van der Waals surface area contributed by atoms with Crippen LogP contribution >= 0.6 is 11.8 Å². The molecule has 2 N–H and O–H groups in total. The number of thioether (sulfide) groups is 1. The number of aromatic nitrogens is 2. The Bertz CT molecular complexity index is 341. The zero-order valence-corrected chi connectivity index (χ0v) is 11.3. The average Bonchev–Trinajstić information content (AvgIpc) is 2.89. The summed E-state index contributed by atoms with van der Waals surface area (Å²) in [5, 5.41) is 7.31. The van der Waals surface area contributed by atoms with Gasteiger partial charge in [-0.3, -0.25) is 0 Å². The molecule has 0 saturated heterocycles. The fourth-order valence-electron chi connectivity index (χ4n) is 2.20. The molecule has 1 fully saturated rings. The van der Waals surface area contributed by atoms with Crippen LogP contribution in [0.2, 0.25) is 0 Å². The van der Waals surface area contributed by atoms with Gasteiger partial charge in [0.25, 0.3) is 0 Å². The summed E-state index contributed by atoms with van der Waals surface area (Å²) in [5.41, 5.74) is 0. The molecule has 94 valence electrons. The van der Waals surface area contributed by atoms with Crippen molar-refractivity contribution in [3.8, 4) is 0 Å². The van der Waals surface area contributed by atoms with Crippen LogP contribution in [0.1, 0.15) is 25.7 Å². The molecule has 0 spiro atoms. The van der Waals surface area contributed by atoms with Gasteiger partial charge >= 0.3 is 0 Å². The van der Waals surface area contributed by atoms with E-state index in [1.54, 1.807) is 11.8 Å². The van der Waals surface area contributed by atoms with Gasteiger partial charge in [0, 0.05) is 19.7 Å². The minimum Gasteiger partial charge on any atom is -0.373 e. The molecule has 0 aromatic carbocycles. The molecule has 1 aromatic rings. The third-order valence-corrected chi connectivity index (χ3v) is 3.74. The molecule has 0 aliphatic heterocycles. The second-order valence-electron chi connectivity index (χ2n) is 4.41. The molecule has 0 radical (unpaired) electrons. The first-order valence-electron chi connectivity index (χ1n) is 6.16. The molecular weight excluding hydrogens is 232 g/mol. The zero-order valence-electron chi connectivity index (χ0n) is 10.5. The second-order valence-corrected chi connectivity index (χ2v) is 5.18. The number of hydrogen-bond donors (Lipinski definition) is 2. The van der Waals surface area contributed by atoms with E-state index in [0.29, 0.717) is 0 Å². The molecule has 0 bridgehead atoms. The van der Waals surface area contributed by atoms with Gasteiger partial charge in [0.15, 0.2) is 5.16 Å². The molecular formula is C12H20N4S. The van der Waals surface area contributed by atoms with Crippen LogP contribution in [0, 0.1) is 5.92 Å². The lowest BCUT2D eigenvalue weighted by Gasteiger charge is -2.12. The molecule has 0 unspecified atom stereocenters. The standard InChI is InChI=1S/C12H20N4S/c1-13-10-7-11(16-12(15-10)17-2)14-8-9-5-3-4-6-9/h7,9H,3-6,8H2,1-2H3,(H2,13,14,15,16). The molecule has 1 saturated carbocycles. The lowest BCUT2D eigenvalue weighted by molar-refractivity contribution is 0.578. The van der Waals surface area contributed by atoms with Crippen molar-refractivity contribution in [2.75, 3.05) is 30.5 Å². The summed E-state index contributed by atoms with van der Waals surface area (Å²) in [7, 11) is 1.88. The van der Waals surface area contributed by atoms with Gasteiger partial charge in [-0.05, 0) is 25.0 Å². The van der Waals surface area contributed by atoms with Gasteiger partial charge in [0.05, 0.1) is 0 Å². The van der Waals surface area contributed by atoms with Crippen molar-refractivity contribution in [3.05, 3.63) is 6.07 Å². The third kappa shape index (κ3) is 3.49. The summed E-state index contributed by atoms with van der Waals surface area (Å²) in [5.74, 6) is 2.62. The highest BCUT2D eigenvalue weighted by Crippen LogP contribution is 2.25. The predicted octanol–water partition coefficient (Wildman–Crippen LogP) is 2.84. The van der Waals surface area contributed by atoms with Crippen molar-refractivity contribution in [3.63, 3.8) is 0 Å². The summed E-state index contributed by atoms with van der Waals surface area (Å²) < 4.78 is 0. The highest BCUT2D eigenvalue weighted by Gasteiger charge is 2.14. The Morgan fingerprint density at radius 3 is 2.65 bits per heavy atom.